The molecule has 4 nitrogen and oxygen atoms in total. The Labute approximate surface area is 160 Å². The summed E-state index contributed by atoms with van der Waals surface area (Å²) in [5.74, 6) is 1.29. The average Bonchev–Trinajstić information content (AvgIpc) is 2.92. The van der Waals surface area contributed by atoms with Gasteiger partial charge in [0, 0.05) is 5.56 Å². The Bertz CT molecular complexity index is 900. The topological polar surface area (TPSA) is 59.3 Å². The number of nitrogens with zero attached hydrogens (tertiary/aromatic N) is 1. The molecule has 1 heterocycles. The van der Waals surface area contributed by atoms with E-state index < -0.39 is 5.60 Å². The van der Waals surface area contributed by atoms with Crippen molar-refractivity contribution in [2.45, 2.75) is 39.2 Å². The molecule has 4 heteroatoms. The lowest BCUT2D eigenvalue weighted by atomic mass is 9.92. The summed E-state index contributed by atoms with van der Waals surface area (Å²) in [4.78, 5) is 13.0. The first-order chi connectivity index (χ1) is 13.0. The fraction of sp³-hybridized carbons (Fsp3) is 0.304. The first kappa shape index (κ1) is 18.7. The van der Waals surface area contributed by atoms with Gasteiger partial charge in [0.15, 0.2) is 5.60 Å². The van der Waals surface area contributed by atoms with Crippen LogP contribution in [0.5, 0.6) is 5.75 Å². The van der Waals surface area contributed by atoms with Crippen molar-refractivity contribution in [1.82, 2.24) is 0 Å². The molecular formula is C23H23NO3. The van der Waals surface area contributed by atoms with Gasteiger partial charge in [0.2, 0.25) is 5.78 Å². The van der Waals surface area contributed by atoms with Crippen LogP contribution >= 0.6 is 0 Å². The fourth-order valence-corrected chi connectivity index (χ4v) is 2.97. The number of carbonyl (C=O) groups excluding carboxylic acids is 1. The van der Waals surface area contributed by atoms with E-state index >= 15 is 0 Å². The maximum absolute atomic E-state index is 13.0. The lowest BCUT2D eigenvalue weighted by Crippen LogP contribution is -2.29. The molecule has 0 atom stereocenters. The van der Waals surface area contributed by atoms with E-state index in [0.29, 0.717) is 23.5 Å². The minimum absolute atomic E-state index is 0.0542. The second-order valence-electron chi connectivity index (χ2n) is 7.06. The Morgan fingerprint density at radius 3 is 2.26 bits per heavy atom. The summed E-state index contributed by atoms with van der Waals surface area (Å²) in [6.07, 6.45) is 2.09. The van der Waals surface area contributed by atoms with Gasteiger partial charge in [0.05, 0.1) is 23.8 Å². The molecule has 2 aromatic carbocycles. The van der Waals surface area contributed by atoms with Gasteiger partial charge >= 0.3 is 0 Å². The molecule has 0 spiro atoms. The number of Topliss-reactive ketones (excluding diaryl/α,β-unsaturated/α-hetero) is 1. The minimum atomic E-state index is -0.922. The van der Waals surface area contributed by atoms with E-state index in [4.69, 9.17) is 14.7 Å². The van der Waals surface area contributed by atoms with E-state index in [0.717, 1.165) is 29.7 Å². The zero-order chi connectivity index (χ0) is 19.4. The molecule has 1 aliphatic heterocycles. The fourth-order valence-electron chi connectivity index (χ4n) is 2.97. The molecule has 2 aromatic rings. The third-order valence-electron chi connectivity index (χ3n) is 4.54. The Morgan fingerprint density at radius 2 is 1.67 bits per heavy atom. The zero-order valence-electron chi connectivity index (χ0n) is 15.9. The van der Waals surface area contributed by atoms with Crippen LogP contribution in [-0.4, -0.2) is 18.0 Å². The van der Waals surface area contributed by atoms with Gasteiger partial charge in [-0.2, -0.15) is 5.26 Å². The summed E-state index contributed by atoms with van der Waals surface area (Å²) in [5, 5.41) is 8.99. The highest BCUT2D eigenvalue weighted by atomic mass is 16.5. The van der Waals surface area contributed by atoms with Crippen LogP contribution < -0.4 is 4.74 Å². The van der Waals surface area contributed by atoms with Crippen LogP contribution in [0.2, 0.25) is 0 Å². The van der Waals surface area contributed by atoms with E-state index in [-0.39, 0.29) is 5.78 Å². The molecule has 0 saturated carbocycles. The van der Waals surface area contributed by atoms with Crippen molar-refractivity contribution >= 4 is 17.1 Å². The summed E-state index contributed by atoms with van der Waals surface area (Å²) in [5.41, 5.74) is 1.79. The van der Waals surface area contributed by atoms with Crippen LogP contribution in [0, 0.1) is 11.3 Å². The third-order valence-corrected chi connectivity index (χ3v) is 4.54. The van der Waals surface area contributed by atoms with Crippen LogP contribution in [-0.2, 0) is 9.53 Å². The maximum Gasteiger partial charge on any atom is 0.210 e. The molecule has 0 bridgehead atoms. The number of rotatable bonds is 6. The number of nitriles is 1. The number of hydrogen-bond donors (Lipinski definition) is 0. The standard InChI is InChI=1S/C23H23NO3/c1-4-5-14-26-19-12-10-17(11-13-19)20-21(27-23(2,3)22(20)25)18-8-6-16(15-24)7-9-18/h6-13H,4-5,14H2,1-3H3. The molecule has 27 heavy (non-hydrogen) atoms. The highest BCUT2D eigenvalue weighted by Crippen LogP contribution is 2.41. The van der Waals surface area contributed by atoms with Crippen LogP contribution in [0.25, 0.3) is 11.3 Å². The monoisotopic (exact) mass is 361 g/mol. The molecule has 0 amide bonds. The Kier molecular flexibility index (Phi) is 5.32. The Balaban J connectivity index is 1.97. The zero-order valence-corrected chi connectivity index (χ0v) is 15.9. The first-order valence-electron chi connectivity index (χ1n) is 9.18. The quantitative estimate of drug-likeness (QED) is 0.681. The van der Waals surface area contributed by atoms with Crippen molar-refractivity contribution in [3.63, 3.8) is 0 Å². The van der Waals surface area contributed by atoms with Crippen molar-refractivity contribution in [1.29, 1.82) is 5.26 Å². The summed E-state index contributed by atoms with van der Waals surface area (Å²) in [6.45, 7) is 6.35. The lowest BCUT2D eigenvalue weighted by molar-refractivity contribution is -0.125. The molecule has 0 saturated heterocycles. The van der Waals surface area contributed by atoms with Crippen molar-refractivity contribution in [2.75, 3.05) is 6.61 Å². The van der Waals surface area contributed by atoms with Crippen molar-refractivity contribution in [2.24, 2.45) is 0 Å². The maximum atomic E-state index is 13.0. The second-order valence-corrected chi connectivity index (χ2v) is 7.06. The number of ether oxygens (including phenoxy) is 2. The van der Waals surface area contributed by atoms with Gasteiger partial charge in [0.1, 0.15) is 11.5 Å². The first-order valence-corrected chi connectivity index (χ1v) is 9.18. The van der Waals surface area contributed by atoms with E-state index in [9.17, 15) is 4.79 Å². The molecule has 138 valence electrons. The van der Waals surface area contributed by atoms with Crippen LogP contribution in [0.3, 0.4) is 0 Å². The van der Waals surface area contributed by atoms with Gasteiger partial charge in [0.25, 0.3) is 0 Å². The third kappa shape index (κ3) is 3.88. The van der Waals surface area contributed by atoms with Gasteiger partial charge in [-0.05, 0) is 62.2 Å². The predicted molar refractivity (Wildman–Crippen MR) is 105 cm³/mol. The molecule has 0 aliphatic carbocycles. The smallest absolute Gasteiger partial charge is 0.210 e. The minimum Gasteiger partial charge on any atom is -0.494 e. The van der Waals surface area contributed by atoms with Crippen LogP contribution in [0.1, 0.15) is 50.3 Å². The van der Waals surface area contributed by atoms with Gasteiger partial charge in [-0.15, -0.1) is 0 Å². The second kappa shape index (κ2) is 7.67. The van der Waals surface area contributed by atoms with Crippen LogP contribution in [0.15, 0.2) is 48.5 Å². The number of benzene rings is 2. The number of carbonyl (C=O) groups is 1. The molecule has 0 unspecified atom stereocenters. The highest BCUT2D eigenvalue weighted by Gasteiger charge is 2.42. The summed E-state index contributed by atoms with van der Waals surface area (Å²) in [6, 6.07) is 16.7. The molecule has 1 aliphatic rings. The molecule has 0 fully saturated rings. The Morgan fingerprint density at radius 1 is 1.04 bits per heavy atom. The Hall–Kier alpha value is -3.06. The molecule has 3 rings (SSSR count). The normalized spacial score (nSPS) is 15.4. The van der Waals surface area contributed by atoms with Gasteiger partial charge < -0.3 is 9.47 Å². The number of ketones is 1. The van der Waals surface area contributed by atoms with E-state index in [2.05, 4.69) is 13.0 Å². The lowest BCUT2D eigenvalue weighted by Gasteiger charge is -2.17. The van der Waals surface area contributed by atoms with E-state index in [1.165, 1.54) is 0 Å². The van der Waals surface area contributed by atoms with Crippen molar-refractivity contribution < 1.29 is 14.3 Å². The van der Waals surface area contributed by atoms with E-state index in [1.54, 1.807) is 26.0 Å². The van der Waals surface area contributed by atoms with E-state index in [1.807, 2.05) is 36.4 Å². The molecule has 0 N–H and O–H groups in total. The molecule has 0 aromatic heterocycles. The average molecular weight is 361 g/mol. The molecular weight excluding hydrogens is 338 g/mol. The molecule has 0 radical (unpaired) electrons. The summed E-state index contributed by atoms with van der Waals surface area (Å²) in [7, 11) is 0. The van der Waals surface area contributed by atoms with Gasteiger partial charge in [-0.25, -0.2) is 0 Å². The number of unbranched alkanes of at least 4 members (excludes halogenated alkanes) is 1. The number of hydrogen-bond acceptors (Lipinski definition) is 4. The highest BCUT2D eigenvalue weighted by molar-refractivity contribution is 6.32. The summed E-state index contributed by atoms with van der Waals surface area (Å²) >= 11 is 0. The summed E-state index contributed by atoms with van der Waals surface area (Å²) < 4.78 is 11.7. The van der Waals surface area contributed by atoms with Gasteiger partial charge in [-0.3, -0.25) is 4.79 Å². The van der Waals surface area contributed by atoms with Crippen LogP contribution in [0.4, 0.5) is 0 Å². The largest absolute Gasteiger partial charge is 0.494 e. The van der Waals surface area contributed by atoms with Gasteiger partial charge in [-0.1, -0.05) is 25.5 Å². The van der Waals surface area contributed by atoms with Crippen molar-refractivity contribution in [3.05, 3.63) is 65.2 Å². The van der Waals surface area contributed by atoms with Crippen molar-refractivity contribution in [3.8, 4) is 11.8 Å². The SMILES string of the molecule is CCCCOc1ccc(C2=C(c3ccc(C#N)cc3)OC(C)(C)C2=O)cc1. The predicted octanol–water partition coefficient (Wildman–Crippen LogP) is 4.98.